The molecule has 79 heavy (non-hydrogen) atoms. The van der Waals surface area contributed by atoms with Crippen molar-refractivity contribution in [1.29, 1.82) is 0 Å². The highest BCUT2D eigenvalue weighted by Crippen LogP contribution is 2.30. The van der Waals surface area contributed by atoms with Crippen LogP contribution in [0.2, 0.25) is 0 Å². The van der Waals surface area contributed by atoms with Crippen LogP contribution in [0.15, 0.2) is 84.9 Å². The van der Waals surface area contributed by atoms with Crippen LogP contribution in [0.1, 0.15) is 46.2 Å². The van der Waals surface area contributed by atoms with E-state index in [2.05, 4.69) is 5.48 Å². The molecule has 24 heteroatoms. The lowest BCUT2D eigenvalue weighted by molar-refractivity contribution is -0.309. The van der Waals surface area contributed by atoms with Gasteiger partial charge in [0, 0.05) is 32.8 Å². The molecule has 2 saturated heterocycles. The first-order chi connectivity index (χ1) is 37.7. The Bertz CT molecular complexity index is 2700. The minimum atomic E-state index is -1.40. The number of aliphatic carboxylic acids is 1. The Kier molecular flexibility index (Phi) is 24.4. The van der Waals surface area contributed by atoms with Gasteiger partial charge in [0.2, 0.25) is 0 Å². The van der Waals surface area contributed by atoms with Crippen molar-refractivity contribution in [3.8, 4) is 34.5 Å². The molecule has 2 fully saturated rings. The Morgan fingerprint density at radius 1 is 0.608 bits per heavy atom. The molecule has 2 aliphatic heterocycles. The van der Waals surface area contributed by atoms with Crippen LogP contribution in [0.25, 0.3) is 12.2 Å². The van der Waals surface area contributed by atoms with Gasteiger partial charge in [0.05, 0.1) is 25.9 Å². The number of hydrogen-bond donors (Lipinski definition) is 11. The third-order valence-corrected chi connectivity index (χ3v) is 12.4. The number of carboxylic acids is 1. The lowest BCUT2D eigenvalue weighted by Crippen LogP contribution is -2.61. The summed E-state index contributed by atoms with van der Waals surface area (Å²) in [5.41, 5.74) is 6.54. The number of hydroxylamine groups is 1. The van der Waals surface area contributed by atoms with Crippen LogP contribution in [0.3, 0.4) is 0 Å². The molecule has 4 aromatic rings. The van der Waals surface area contributed by atoms with Crippen molar-refractivity contribution in [1.82, 2.24) is 5.48 Å². The monoisotopic (exact) mass is 1110 g/mol. The van der Waals surface area contributed by atoms with Gasteiger partial charge in [0.15, 0.2) is 41.7 Å². The average Bonchev–Trinajstić information content (AvgIpc) is 3.49. The second-order valence-electron chi connectivity index (χ2n) is 18.2. The number of carboxylic acid groups (broad SMARTS) is 1. The number of ether oxygens (including phenoxy) is 8. The maximum Gasteiger partial charge on any atom is 0.331 e. The summed E-state index contributed by atoms with van der Waals surface area (Å²) in [5, 5.41) is 98.3. The highest BCUT2D eigenvalue weighted by Gasteiger charge is 2.49. The van der Waals surface area contributed by atoms with E-state index >= 15 is 0 Å². The van der Waals surface area contributed by atoms with Gasteiger partial charge in [-0.15, -0.1) is 0 Å². The molecule has 2 aliphatic rings. The van der Waals surface area contributed by atoms with Crippen molar-refractivity contribution in [2.24, 2.45) is 0 Å². The highest BCUT2D eigenvalue weighted by atomic mass is 16.7. The Morgan fingerprint density at radius 2 is 1.10 bits per heavy atom. The van der Waals surface area contributed by atoms with E-state index in [9.17, 15) is 65.1 Å². The van der Waals surface area contributed by atoms with Gasteiger partial charge in [-0.2, -0.15) is 5.48 Å². The number of aryl methyl sites for hydroxylation is 2. The van der Waals surface area contributed by atoms with Crippen LogP contribution in [0, 0.1) is 13.8 Å². The Morgan fingerprint density at radius 3 is 1.58 bits per heavy atom. The van der Waals surface area contributed by atoms with Gasteiger partial charge in [-0.25, -0.2) is 9.59 Å². The molecule has 24 nitrogen and oxygen atoms in total. The molecular weight excluding hydrogens is 1040 g/mol. The predicted octanol–water partition coefficient (Wildman–Crippen LogP) is 2.74. The summed E-state index contributed by atoms with van der Waals surface area (Å²) in [6, 6.07) is 17.4. The van der Waals surface area contributed by atoms with E-state index < -0.39 is 85.4 Å². The maximum absolute atomic E-state index is 12.8. The summed E-state index contributed by atoms with van der Waals surface area (Å²) in [7, 11) is 2.63. The average molecular weight is 1110 g/mol. The number of aliphatic hydroxyl groups excluding tert-OH is 3. The van der Waals surface area contributed by atoms with Crippen molar-refractivity contribution in [3.63, 3.8) is 0 Å². The maximum atomic E-state index is 12.8. The first-order valence-electron chi connectivity index (χ1n) is 24.7. The van der Waals surface area contributed by atoms with Gasteiger partial charge >= 0.3 is 17.9 Å². The van der Waals surface area contributed by atoms with Crippen molar-refractivity contribution >= 4 is 36.3 Å². The summed E-state index contributed by atoms with van der Waals surface area (Å²) in [4.78, 5) is 52.5. The zero-order valence-corrected chi connectivity index (χ0v) is 43.6. The molecule has 0 amide bonds. The normalized spacial score (nSPS) is 23.4. The topological polar surface area (TPSA) is 366 Å². The largest absolute Gasteiger partial charge is 0.508 e. The Balaban J connectivity index is 0.000000298. The van der Waals surface area contributed by atoms with E-state index in [1.165, 1.54) is 62.8 Å². The van der Waals surface area contributed by atoms with E-state index in [0.717, 1.165) is 28.8 Å². The van der Waals surface area contributed by atoms with Crippen molar-refractivity contribution < 1.29 is 113 Å². The molecule has 11 N–H and O–H groups in total. The fraction of sp³-hybridized carbons (Fsp3) is 0.418. The summed E-state index contributed by atoms with van der Waals surface area (Å²) in [6.45, 7) is 3.20. The quantitative estimate of drug-likeness (QED) is 0.0149. The van der Waals surface area contributed by atoms with Gasteiger partial charge in [-0.05, 0) is 115 Å². The number of esters is 2. The first-order valence-corrected chi connectivity index (χ1v) is 24.7. The number of carbonyl (C=O) groups excluding carboxylic acids is 3. The third kappa shape index (κ3) is 19.0. The molecule has 11 atom stereocenters. The van der Waals surface area contributed by atoms with E-state index in [-0.39, 0.29) is 73.8 Å². The Hall–Kier alpha value is -7.20. The summed E-state index contributed by atoms with van der Waals surface area (Å²) >= 11 is 0. The lowest BCUT2D eigenvalue weighted by Gasteiger charge is -2.43. The first kappa shape index (κ1) is 62.6. The van der Waals surface area contributed by atoms with Gasteiger partial charge in [0.1, 0.15) is 67.1 Å². The predicted molar refractivity (Wildman–Crippen MR) is 276 cm³/mol. The second-order valence-corrected chi connectivity index (χ2v) is 18.2. The molecule has 0 aliphatic carbocycles. The summed E-state index contributed by atoms with van der Waals surface area (Å²) in [6.07, 6.45) is -5.79. The molecular formula is C55H67NO23. The van der Waals surface area contributed by atoms with Crippen LogP contribution in [-0.2, 0) is 74.8 Å². The fourth-order valence-corrected chi connectivity index (χ4v) is 8.04. The standard InChI is InChI=1S/C30H37NO13.C25H30O10/c1-17-13-19(3-7-21(17)33)11-12-41-30-27(39)29(40-2)28(24(43-30)16-42-31-20(15-32)6-9-25(36)37)44-26(38)10-5-18-4-8-22(34)23(35)14-18;1-14-11-16(3-6-17(14)26)9-10-33-25-23(31)24(32-2)22(30)20(35-25)13-34-21(29)8-5-15-4-7-18(27)19(28)12-15/h3-5,7-8,10,13-15,20,24,27-31,33-35,39H,6,9,11-12,16H2,1-2H3,(H,36,37);3-8,11-12,20,22-28,30-31H,9-10,13H2,1-2H3/b10-5+;8-5+/t20-,24-,27-,28+,29+,30+;20-,22+,23-,24-,25+/m00/s1. The fourth-order valence-electron chi connectivity index (χ4n) is 8.04. The number of hydrogen-bond acceptors (Lipinski definition) is 23. The van der Waals surface area contributed by atoms with Crippen molar-refractivity contribution in [2.75, 3.05) is 40.6 Å². The third-order valence-electron chi connectivity index (χ3n) is 12.4. The lowest BCUT2D eigenvalue weighted by atomic mass is 9.98. The number of aldehydes is 1. The van der Waals surface area contributed by atoms with E-state index in [4.69, 9.17) is 47.8 Å². The number of methoxy groups -OCH3 is 2. The number of phenolic OH excluding ortho intramolecular Hbond substituents is 6. The number of aromatic hydroxyl groups is 6. The molecule has 2 heterocycles. The van der Waals surface area contributed by atoms with Crippen LogP contribution in [0.5, 0.6) is 34.5 Å². The molecule has 6 rings (SSSR count). The molecule has 0 saturated carbocycles. The SMILES string of the molecule is CO[C@@H]1[C@H](O)[C@H](OCCc2ccc(O)c(C)c2)O[C@@H](COC(=O)/C=C/c2ccc(O)c(O)c2)[C@H]1O.CO[C@@H]1[C@H](O)[C@H](OCCc2ccc(O)c(C)c2)O[C@@H](CON[C@H](C=O)CCC(=O)O)[C@H]1OC(=O)/C=C/c1ccc(O)c(O)c1. The minimum Gasteiger partial charge on any atom is -0.508 e. The Labute approximate surface area is 454 Å². The van der Waals surface area contributed by atoms with Gasteiger partial charge in [0.25, 0.3) is 0 Å². The molecule has 0 spiro atoms. The smallest absolute Gasteiger partial charge is 0.331 e. The zero-order valence-electron chi connectivity index (χ0n) is 43.6. The zero-order chi connectivity index (χ0) is 57.8. The molecule has 0 bridgehead atoms. The second kappa shape index (κ2) is 30.8. The number of aliphatic hydroxyl groups is 3. The number of carbonyl (C=O) groups is 4. The van der Waals surface area contributed by atoms with E-state index in [0.29, 0.717) is 35.8 Å². The summed E-state index contributed by atoms with van der Waals surface area (Å²) in [5.74, 6) is -3.61. The molecule has 430 valence electrons. The number of benzene rings is 4. The molecule has 0 unspecified atom stereocenters. The minimum absolute atomic E-state index is 0.0394. The van der Waals surface area contributed by atoms with E-state index in [1.54, 1.807) is 44.2 Å². The van der Waals surface area contributed by atoms with Crippen LogP contribution < -0.4 is 5.48 Å². The molecule has 4 aromatic carbocycles. The van der Waals surface area contributed by atoms with Gasteiger partial charge < -0.3 is 93.8 Å². The van der Waals surface area contributed by atoms with E-state index in [1.807, 2.05) is 6.07 Å². The van der Waals surface area contributed by atoms with Gasteiger partial charge in [-0.1, -0.05) is 36.4 Å². The van der Waals surface area contributed by atoms with Crippen LogP contribution in [0.4, 0.5) is 0 Å². The highest BCUT2D eigenvalue weighted by molar-refractivity contribution is 5.88. The van der Waals surface area contributed by atoms with Crippen LogP contribution in [-0.4, -0.2) is 183 Å². The number of nitrogens with one attached hydrogen (secondary N) is 1. The van der Waals surface area contributed by atoms with Crippen LogP contribution >= 0.6 is 0 Å². The van der Waals surface area contributed by atoms with Crippen molar-refractivity contribution in [3.05, 3.63) is 118 Å². The summed E-state index contributed by atoms with van der Waals surface area (Å²) < 4.78 is 44.5. The molecule has 0 aromatic heterocycles. The molecule has 0 radical (unpaired) electrons. The number of rotatable bonds is 25. The van der Waals surface area contributed by atoms with Gasteiger partial charge in [-0.3, -0.25) is 9.63 Å². The number of phenols is 6. The van der Waals surface area contributed by atoms with Crippen molar-refractivity contribution in [2.45, 2.75) is 107 Å².